The molecule has 124 valence electrons. The van der Waals surface area contributed by atoms with Crippen LogP contribution in [0.1, 0.15) is 19.8 Å². The zero-order chi connectivity index (χ0) is 16.9. The number of hydrogen-bond donors (Lipinski definition) is 1. The number of rotatable bonds is 6. The summed E-state index contributed by atoms with van der Waals surface area (Å²) in [5, 5.41) is 1.03. The molecular formula is C18H17Cl2N3O. The van der Waals surface area contributed by atoms with Crippen LogP contribution < -0.4 is 4.74 Å². The standard InChI is InChI=1S/C18H17Cl2N3O/c1-2-3-9-24-18-13(5-4-8-21-18)17-22-11-16(23-17)12-6-7-14(19)15(20)10-12/h4-8,10-11H,2-3,9H2,1H3,(H,22,23). The van der Waals surface area contributed by atoms with Crippen LogP contribution in [-0.2, 0) is 0 Å². The maximum atomic E-state index is 6.08. The summed E-state index contributed by atoms with van der Waals surface area (Å²) in [6.45, 7) is 2.76. The Morgan fingerprint density at radius 2 is 2.04 bits per heavy atom. The summed E-state index contributed by atoms with van der Waals surface area (Å²) in [4.78, 5) is 12.1. The molecule has 2 aromatic heterocycles. The first-order valence-corrected chi connectivity index (χ1v) is 8.53. The van der Waals surface area contributed by atoms with E-state index in [1.165, 1.54) is 0 Å². The zero-order valence-corrected chi connectivity index (χ0v) is 14.7. The third-order valence-corrected chi connectivity index (χ3v) is 4.30. The predicted octanol–water partition coefficient (Wildman–Crippen LogP) is 5.62. The molecule has 0 amide bonds. The Balaban J connectivity index is 1.89. The number of pyridine rings is 1. The molecule has 0 aliphatic carbocycles. The molecule has 1 aromatic carbocycles. The average molecular weight is 362 g/mol. The first kappa shape index (κ1) is 16.8. The van der Waals surface area contributed by atoms with Gasteiger partial charge in [-0.3, -0.25) is 0 Å². The van der Waals surface area contributed by atoms with E-state index in [1.807, 2.05) is 24.4 Å². The molecule has 0 radical (unpaired) electrons. The molecule has 0 bridgehead atoms. The Morgan fingerprint density at radius 1 is 1.17 bits per heavy atom. The van der Waals surface area contributed by atoms with E-state index in [0.717, 1.165) is 29.7 Å². The van der Waals surface area contributed by atoms with Crippen molar-refractivity contribution in [3.63, 3.8) is 0 Å². The highest BCUT2D eigenvalue weighted by molar-refractivity contribution is 6.42. The SMILES string of the molecule is CCCCOc1ncccc1-c1nc(-c2ccc(Cl)c(Cl)c2)c[nH]1. The molecular weight excluding hydrogens is 345 g/mol. The summed E-state index contributed by atoms with van der Waals surface area (Å²) in [5.74, 6) is 1.29. The number of imidazole rings is 1. The van der Waals surface area contributed by atoms with E-state index in [-0.39, 0.29) is 0 Å². The van der Waals surface area contributed by atoms with E-state index in [2.05, 4.69) is 21.9 Å². The van der Waals surface area contributed by atoms with Gasteiger partial charge in [-0.1, -0.05) is 42.6 Å². The van der Waals surface area contributed by atoms with Crippen LogP contribution in [0.15, 0.2) is 42.7 Å². The van der Waals surface area contributed by atoms with E-state index in [4.69, 9.17) is 27.9 Å². The lowest BCUT2D eigenvalue weighted by atomic mass is 10.2. The maximum absolute atomic E-state index is 6.08. The van der Waals surface area contributed by atoms with E-state index < -0.39 is 0 Å². The second kappa shape index (κ2) is 7.69. The summed E-state index contributed by atoms with van der Waals surface area (Å²) in [6.07, 6.45) is 5.61. The number of H-pyrrole nitrogens is 1. The van der Waals surface area contributed by atoms with E-state index in [9.17, 15) is 0 Å². The minimum Gasteiger partial charge on any atom is -0.477 e. The van der Waals surface area contributed by atoms with Crippen LogP contribution >= 0.6 is 23.2 Å². The minimum atomic E-state index is 0.503. The lowest BCUT2D eigenvalue weighted by Gasteiger charge is -2.07. The van der Waals surface area contributed by atoms with Gasteiger partial charge in [0.15, 0.2) is 0 Å². The molecule has 0 fully saturated rings. The van der Waals surface area contributed by atoms with Crippen molar-refractivity contribution in [2.75, 3.05) is 6.61 Å². The van der Waals surface area contributed by atoms with Crippen LogP contribution in [0.25, 0.3) is 22.6 Å². The number of aromatic amines is 1. The van der Waals surface area contributed by atoms with Crippen molar-refractivity contribution in [2.45, 2.75) is 19.8 Å². The van der Waals surface area contributed by atoms with Crippen LogP contribution in [0.2, 0.25) is 10.0 Å². The smallest absolute Gasteiger partial charge is 0.224 e. The predicted molar refractivity (Wildman–Crippen MR) is 97.7 cm³/mol. The first-order chi connectivity index (χ1) is 11.7. The highest BCUT2D eigenvalue weighted by Gasteiger charge is 2.12. The van der Waals surface area contributed by atoms with Gasteiger partial charge in [0.05, 0.1) is 27.9 Å². The first-order valence-electron chi connectivity index (χ1n) is 7.78. The average Bonchev–Trinajstić information content (AvgIpc) is 3.08. The molecule has 4 nitrogen and oxygen atoms in total. The van der Waals surface area contributed by atoms with Crippen LogP contribution in [0.5, 0.6) is 5.88 Å². The lowest BCUT2D eigenvalue weighted by Crippen LogP contribution is -2.00. The van der Waals surface area contributed by atoms with Crippen molar-refractivity contribution >= 4 is 23.2 Å². The summed E-state index contributed by atoms with van der Waals surface area (Å²) in [7, 11) is 0. The Kier molecular flexibility index (Phi) is 5.38. The second-order valence-electron chi connectivity index (χ2n) is 5.32. The number of nitrogens with one attached hydrogen (secondary N) is 1. The van der Waals surface area contributed by atoms with Crippen molar-refractivity contribution in [1.82, 2.24) is 15.0 Å². The van der Waals surface area contributed by atoms with Gasteiger partial charge in [-0.05, 0) is 30.7 Å². The molecule has 3 aromatic rings. The quantitative estimate of drug-likeness (QED) is 0.579. The largest absolute Gasteiger partial charge is 0.477 e. The van der Waals surface area contributed by atoms with Crippen molar-refractivity contribution in [3.05, 3.63) is 52.8 Å². The Bertz CT molecular complexity index is 833. The number of aromatic nitrogens is 3. The molecule has 1 N–H and O–H groups in total. The van der Waals surface area contributed by atoms with Crippen molar-refractivity contribution in [2.24, 2.45) is 0 Å². The van der Waals surface area contributed by atoms with Gasteiger partial charge in [0.25, 0.3) is 0 Å². The number of halogens is 2. The Labute approximate surface area is 150 Å². The molecule has 0 unspecified atom stereocenters. The molecule has 0 saturated heterocycles. The molecule has 2 heterocycles. The Hall–Kier alpha value is -2.04. The van der Waals surface area contributed by atoms with Gasteiger partial charge in [0.2, 0.25) is 5.88 Å². The summed E-state index contributed by atoms with van der Waals surface area (Å²) >= 11 is 12.0. The van der Waals surface area contributed by atoms with E-state index in [1.54, 1.807) is 18.3 Å². The third-order valence-electron chi connectivity index (χ3n) is 3.56. The summed E-state index contributed by atoms with van der Waals surface area (Å²) in [6, 6.07) is 9.24. The second-order valence-corrected chi connectivity index (χ2v) is 6.14. The van der Waals surface area contributed by atoms with Gasteiger partial charge >= 0.3 is 0 Å². The molecule has 0 spiro atoms. The molecule has 0 aliphatic rings. The maximum Gasteiger partial charge on any atom is 0.224 e. The van der Waals surface area contributed by atoms with Crippen molar-refractivity contribution in [1.29, 1.82) is 0 Å². The number of unbranched alkanes of at least 4 members (excludes halogenated alkanes) is 1. The molecule has 0 aliphatic heterocycles. The topological polar surface area (TPSA) is 50.8 Å². The molecule has 3 rings (SSSR count). The van der Waals surface area contributed by atoms with Crippen LogP contribution in [0.3, 0.4) is 0 Å². The monoisotopic (exact) mass is 361 g/mol. The van der Waals surface area contributed by atoms with Gasteiger partial charge in [0.1, 0.15) is 5.82 Å². The van der Waals surface area contributed by atoms with E-state index in [0.29, 0.717) is 28.4 Å². The fourth-order valence-electron chi connectivity index (χ4n) is 2.26. The van der Waals surface area contributed by atoms with Gasteiger partial charge in [-0.2, -0.15) is 0 Å². The zero-order valence-electron chi connectivity index (χ0n) is 13.2. The van der Waals surface area contributed by atoms with Crippen LogP contribution in [0, 0.1) is 0 Å². The van der Waals surface area contributed by atoms with Gasteiger partial charge in [-0.15, -0.1) is 0 Å². The highest BCUT2D eigenvalue weighted by atomic mass is 35.5. The fraction of sp³-hybridized carbons (Fsp3) is 0.222. The van der Waals surface area contributed by atoms with Gasteiger partial charge in [-0.25, -0.2) is 9.97 Å². The van der Waals surface area contributed by atoms with Gasteiger partial charge < -0.3 is 9.72 Å². The molecule has 24 heavy (non-hydrogen) atoms. The molecule has 0 saturated carbocycles. The molecule has 0 atom stereocenters. The minimum absolute atomic E-state index is 0.503. The lowest BCUT2D eigenvalue weighted by molar-refractivity contribution is 0.299. The number of benzene rings is 1. The van der Waals surface area contributed by atoms with Gasteiger partial charge in [0, 0.05) is 18.0 Å². The summed E-state index contributed by atoms with van der Waals surface area (Å²) in [5.41, 5.74) is 2.51. The van der Waals surface area contributed by atoms with Crippen molar-refractivity contribution in [3.8, 4) is 28.5 Å². The number of nitrogens with zero attached hydrogens (tertiary/aromatic N) is 2. The number of ether oxygens (including phenoxy) is 1. The fourth-order valence-corrected chi connectivity index (χ4v) is 2.56. The van der Waals surface area contributed by atoms with Crippen molar-refractivity contribution < 1.29 is 4.74 Å². The summed E-state index contributed by atoms with van der Waals surface area (Å²) < 4.78 is 5.77. The normalized spacial score (nSPS) is 10.8. The highest BCUT2D eigenvalue weighted by Crippen LogP contribution is 2.30. The van der Waals surface area contributed by atoms with Crippen LogP contribution in [0.4, 0.5) is 0 Å². The Morgan fingerprint density at radius 3 is 2.83 bits per heavy atom. The van der Waals surface area contributed by atoms with Crippen LogP contribution in [-0.4, -0.2) is 21.6 Å². The molecule has 6 heteroatoms. The third kappa shape index (κ3) is 3.71. The van der Waals surface area contributed by atoms with E-state index >= 15 is 0 Å². The number of hydrogen-bond acceptors (Lipinski definition) is 3.